The highest BCUT2D eigenvalue weighted by Gasteiger charge is 2.27. The smallest absolute Gasteiger partial charge is 0.247 e. The number of imidazole rings is 1. The summed E-state index contributed by atoms with van der Waals surface area (Å²) in [5, 5.41) is 34.5. The van der Waals surface area contributed by atoms with Gasteiger partial charge < -0.3 is 20.9 Å². The molecule has 2 saturated carbocycles. The number of anilines is 4. The van der Waals surface area contributed by atoms with Gasteiger partial charge in [-0.05, 0) is 63.1 Å². The van der Waals surface area contributed by atoms with Gasteiger partial charge in [-0.2, -0.15) is 20.0 Å². The van der Waals surface area contributed by atoms with Crippen LogP contribution in [0.4, 0.5) is 23.1 Å². The average Bonchev–Trinajstić information content (AvgIpc) is 3.83. The van der Waals surface area contributed by atoms with Gasteiger partial charge in [0.05, 0.1) is 34.2 Å². The quantitative estimate of drug-likeness (QED) is 0.421. The summed E-state index contributed by atoms with van der Waals surface area (Å²) in [4.78, 5) is 11.2. The fourth-order valence-electron chi connectivity index (χ4n) is 4.62. The molecular weight excluding hydrogens is 476 g/mol. The first-order valence-electron chi connectivity index (χ1n) is 12.5. The highest BCUT2D eigenvalue weighted by molar-refractivity contribution is 6.36. The average molecular weight is 503 g/mol. The molecule has 0 bridgehead atoms. The number of piperidine rings is 1. The summed E-state index contributed by atoms with van der Waals surface area (Å²) in [6, 6.07) is 8.79. The Morgan fingerprint density at radius 2 is 1.83 bits per heavy atom. The Morgan fingerprint density at radius 3 is 2.53 bits per heavy atom. The standard InChI is InChI=1S/C25H27ClN10/c26-22-20(32-25-33-23(31-18-3-4-18)24-30-14-19(12-28)36(24)34-25)9-16(11-27)10-21(22)35-7-5-17(6-8-35)29-13-15-1-2-15/h9-10,14-15,17-18,29H,1-8,13H2,(H2,31,32,33,34). The Kier molecular flexibility index (Phi) is 6.00. The van der Waals surface area contributed by atoms with E-state index in [1.807, 2.05) is 6.07 Å². The molecule has 3 aromatic rings. The van der Waals surface area contributed by atoms with Crippen molar-refractivity contribution in [3.05, 3.63) is 34.6 Å². The Balaban J connectivity index is 1.27. The van der Waals surface area contributed by atoms with E-state index in [0.717, 1.165) is 56.9 Å². The van der Waals surface area contributed by atoms with E-state index >= 15 is 0 Å². The molecule has 3 aliphatic rings. The first kappa shape index (κ1) is 22.8. The summed E-state index contributed by atoms with van der Waals surface area (Å²) < 4.78 is 1.47. The Labute approximate surface area is 214 Å². The van der Waals surface area contributed by atoms with E-state index in [1.165, 1.54) is 23.6 Å². The van der Waals surface area contributed by atoms with E-state index in [9.17, 15) is 10.5 Å². The molecule has 2 aliphatic carbocycles. The summed E-state index contributed by atoms with van der Waals surface area (Å²) in [5.74, 6) is 1.70. The third-order valence-corrected chi connectivity index (χ3v) is 7.45. The topological polar surface area (TPSA) is 130 Å². The molecule has 10 nitrogen and oxygen atoms in total. The van der Waals surface area contributed by atoms with Crippen LogP contribution in [0, 0.1) is 28.6 Å². The Hall–Kier alpha value is -3.60. The number of rotatable bonds is 8. The second-order valence-corrected chi connectivity index (χ2v) is 10.3. The first-order valence-corrected chi connectivity index (χ1v) is 12.9. The van der Waals surface area contributed by atoms with Crippen molar-refractivity contribution >= 4 is 40.4 Å². The molecule has 6 rings (SSSR count). The summed E-state index contributed by atoms with van der Waals surface area (Å²) in [6.07, 6.45) is 8.40. The van der Waals surface area contributed by atoms with Crippen LogP contribution in [-0.2, 0) is 0 Å². The van der Waals surface area contributed by atoms with Gasteiger partial charge in [-0.15, -0.1) is 5.10 Å². The van der Waals surface area contributed by atoms with Crippen molar-refractivity contribution < 1.29 is 0 Å². The minimum Gasteiger partial charge on any atom is -0.370 e. The monoisotopic (exact) mass is 502 g/mol. The molecule has 11 heteroatoms. The number of fused-ring (bicyclic) bond motifs is 1. The van der Waals surface area contributed by atoms with Crippen LogP contribution in [-0.4, -0.2) is 51.3 Å². The number of hydrogen-bond donors (Lipinski definition) is 3. The SMILES string of the molecule is N#Cc1cc(Nc2nc(NC3CC3)c3ncc(C#N)n3n2)c(Cl)c(N2CCC(NCC3CC3)CC2)c1. The van der Waals surface area contributed by atoms with Crippen LogP contribution >= 0.6 is 11.6 Å². The number of halogens is 1. The second-order valence-electron chi connectivity index (χ2n) is 9.90. The fraction of sp³-hybridized carbons (Fsp3) is 0.480. The van der Waals surface area contributed by atoms with E-state index in [4.69, 9.17) is 11.6 Å². The molecule has 2 aromatic heterocycles. The van der Waals surface area contributed by atoms with Gasteiger partial charge in [0.25, 0.3) is 0 Å². The molecule has 1 aliphatic heterocycles. The molecule has 0 spiro atoms. The third kappa shape index (κ3) is 4.75. The number of benzene rings is 1. The van der Waals surface area contributed by atoms with Gasteiger partial charge in [0.15, 0.2) is 17.2 Å². The lowest BCUT2D eigenvalue weighted by molar-refractivity contribution is 0.409. The molecule has 184 valence electrons. The van der Waals surface area contributed by atoms with Gasteiger partial charge in [-0.25, -0.2) is 4.98 Å². The molecule has 36 heavy (non-hydrogen) atoms. The summed E-state index contributed by atoms with van der Waals surface area (Å²) >= 11 is 6.89. The van der Waals surface area contributed by atoms with Crippen LogP contribution in [0.25, 0.3) is 5.65 Å². The van der Waals surface area contributed by atoms with Crippen molar-refractivity contribution in [3.63, 3.8) is 0 Å². The molecule has 3 N–H and O–H groups in total. The molecule has 0 unspecified atom stereocenters. The lowest BCUT2D eigenvalue weighted by Crippen LogP contribution is -2.43. The van der Waals surface area contributed by atoms with Gasteiger partial charge in [-0.3, -0.25) is 0 Å². The zero-order chi connectivity index (χ0) is 24.6. The van der Waals surface area contributed by atoms with Gasteiger partial charge >= 0.3 is 0 Å². The minimum absolute atomic E-state index is 0.270. The van der Waals surface area contributed by atoms with Gasteiger partial charge in [0, 0.05) is 25.2 Å². The van der Waals surface area contributed by atoms with Crippen LogP contribution in [0.1, 0.15) is 49.8 Å². The number of nitrogens with one attached hydrogen (secondary N) is 3. The van der Waals surface area contributed by atoms with Crippen LogP contribution in [0.3, 0.4) is 0 Å². The van der Waals surface area contributed by atoms with E-state index in [1.54, 1.807) is 6.07 Å². The maximum atomic E-state index is 9.70. The molecule has 0 atom stereocenters. The van der Waals surface area contributed by atoms with Crippen molar-refractivity contribution in [1.82, 2.24) is 24.9 Å². The number of nitrogens with zero attached hydrogens (tertiary/aromatic N) is 7. The van der Waals surface area contributed by atoms with Crippen molar-refractivity contribution in [2.45, 2.75) is 50.6 Å². The molecule has 3 fully saturated rings. The van der Waals surface area contributed by atoms with Gasteiger partial charge in [0.2, 0.25) is 5.95 Å². The zero-order valence-electron chi connectivity index (χ0n) is 19.8. The van der Waals surface area contributed by atoms with Crippen LogP contribution < -0.4 is 20.9 Å². The fourth-order valence-corrected chi connectivity index (χ4v) is 4.90. The molecule has 0 amide bonds. The van der Waals surface area contributed by atoms with Crippen molar-refractivity contribution in [2.75, 3.05) is 35.2 Å². The number of nitriles is 2. The van der Waals surface area contributed by atoms with Crippen molar-refractivity contribution in [2.24, 2.45) is 5.92 Å². The predicted octanol–water partition coefficient (Wildman–Crippen LogP) is 3.81. The summed E-state index contributed by atoms with van der Waals surface area (Å²) in [7, 11) is 0. The molecular formula is C25H27ClN10. The van der Waals surface area contributed by atoms with E-state index in [-0.39, 0.29) is 5.95 Å². The summed E-state index contributed by atoms with van der Waals surface area (Å²) in [6.45, 7) is 2.86. The van der Waals surface area contributed by atoms with Crippen LogP contribution in [0.5, 0.6) is 0 Å². The van der Waals surface area contributed by atoms with E-state index in [0.29, 0.717) is 45.5 Å². The highest BCUT2D eigenvalue weighted by Crippen LogP contribution is 2.37. The van der Waals surface area contributed by atoms with Gasteiger partial charge in [-0.1, -0.05) is 11.6 Å². The van der Waals surface area contributed by atoms with Crippen molar-refractivity contribution in [3.8, 4) is 12.1 Å². The molecule has 3 heterocycles. The number of hydrogen-bond acceptors (Lipinski definition) is 9. The lowest BCUT2D eigenvalue weighted by Gasteiger charge is -2.35. The van der Waals surface area contributed by atoms with E-state index < -0.39 is 0 Å². The van der Waals surface area contributed by atoms with Crippen molar-refractivity contribution in [1.29, 1.82) is 10.5 Å². The first-order chi connectivity index (χ1) is 17.6. The number of aromatic nitrogens is 4. The highest BCUT2D eigenvalue weighted by atomic mass is 35.5. The third-order valence-electron chi connectivity index (χ3n) is 7.05. The second kappa shape index (κ2) is 9.45. The summed E-state index contributed by atoms with van der Waals surface area (Å²) in [5.41, 5.74) is 2.69. The van der Waals surface area contributed by atoms with Crippen LogP contribution in [0.2, 0.25) is 5.02 Å². The zero-order valence-corrected chi connectivity index (χ0v) is 20.6. The van der Waals surface area contributed by atoms with Gasteiger partial charge in [0.1, 0.15) is 6.07 Å². The van der Waals surface area contributed by atoms with Crippen LogP contribution in [0.15, 0.2) is 18.3 Å². The molecule has 1 saturated heterocycles. The predicted molar refractivity (Wildman–Crippen MR) is 138 cm³/mol. The van der Waals surface area contributed by atoms with E-state index in [2.05, 4.69) is 48.1 Å². The molecule has 0 radical (unpaired) electrons. The largest absolute Gasteiger partial charge is 0.370 e. The normalized spacial score (nSPS) is 18.1. The Morgan fingerprint density at radius 1 is 1.03 bits per heavy atom. The maximum Gasteiger partial charge on any atom is 0.247 e. The Bertz CT molecular complexity index is 1370. The minimum atomic E-state index is 0.270. The lowest BCUT2D eigenvalue weighted by atomic mass is 10.0. The maximum absolute atomic E-state index is 9.70. The molecule has 1 aromatic carbocycles.